The number of thiazole rings is 1. The molecule has 0 amide bonds. The molecule has 1 aliphatic heterocycles. The average Bonchev–Trinajstić information content (AvgIpc) is 3.42. The van der Waals surface area contributed by atoms with E-state index in [-0.39, 0.29) is 18.4 Å². The first-order valence-electron chi connectivity index (χ1n) is 11.8. The van der Waals surface area contributed by atoms with Crippen molar-refractivity contribution in [2.75, 3.05) is 13.1 Å². The molecule has 1 N–H and O–H groups in total. The standard InChI is InChI=1S/C25H22Cl2F3N3O2S2/c26-19-5-6-20(21(27)10-19)22-11-31-23(36-22)15-2-1-14-8-17-3-4-18(9-16(14)7-15)24(17)12-33(13-25(28,29)30)37(34,35)32-24/h1-2,5-7,10-11,17-18,32H,3-4,8-9,12-13H2/t17-,18+,24+/m0/s1. The molecule has 0 unspecified atom stereocenters. The van der Waals surface area contributed by atoms with E-state index in [0.29, 0.717) is 27.2 Å². The van der Waals surface area contributed by atoms with Crippen LogP contribution < -0.4 is 4.72 Å². The third kappa shape index (κ3) is 4.59. The van der Waals surface area contributed by atoms with Crippen LogP contribution in [-0.4, -0.2) is 42.5 Å². The summed E-state index contributed by atoms with van der Waals surface area (Å²) in [5.74, 6) is -0.141. The van der Waals surface area contributed by atoms with Crippen LogP contribution in [0.25, 0.3) is 21.0 Å². The number of hydrogen-bond donors (Lipinski definition) is 1. The van der Waals surface area contributed by atoms with E-state index in [1.807, 2.05) is 18.2 Å². The monoisotopic (exact) mass is 587 g/mol. The van der Waals surface area contributed by atoms with E-state index >= 15 is 0 Å². The Bertz CT molecular complexity index is 1490. The third-order valence-electron chi connectivity index (χ3n) is 7.86. The highest BCUT2D eigenvalue weighted by molar-refractivity contribution is 7.87. The normalized spacial score (nSPS) is 26.9. The Kier molecular flexibility index (Phi) is 6.17. The molecule has 2 bridgehead atoms. The van der Waals surface area contributed by atoms with Gasteiger partial charge in [0.2, 0.25) is 0 Å². The van der Waals surface area contributed by atoms with Gasteiger partial charge in [0.05, 0.1) is 15.4 Å². The number of nitrogens with zero attached hydrogens (tertiary/aromatic N) is 2. The predicted octanol–water partition coefficient (Wildman–Crippen LogP) is 6.36. The highest BCUT2D eigenvalue weighted by atomic mass is 35.5. The van der Waals surface area contributed by atoms with Crippen LogP contribution in [0.4, 0.5) is 13.2 Å². The second kappa shape index (κ2) is 8.93. The van der Waals surface area contributed by atoms with Gasteiger partial charge in [0.25, 0.3) is 10.2 Å². The Hall–Kier alpha value is -1.69. The van der Waals surface area contributed by atoms with Crippen molar-refractivity contribution in [3.63, 3.8) is 0 Å². The van der Waals surface area contributed by atoms with Gasteiger partial charge in [-0.1, -0.05) is 41.4 Å². The van der Waals surface area contributed by atoms with E-state index in [1.165, 1.54) is 11.3 Å². The molecule has 2 aromatic carbocycles. The van der Waals surface area contributed by atoms with Crippen molar-refractivity contribution in [3.05, 3.63) is 63.8 Å². The molecule has 37 heavy (non-hydrogen) atoms. The van der Waals surface area contributed by atoms with Crippen LogP contribution in [-0.2, 0) is 23.1 Å². The van der Waals surface area contributed by atoms with Crippen molar-refractivity contribution in [1.82, 2.24) is 14.0 Å². The second-order valence-electron chi connectivity index (χ2n) is 10.0. The summed E-state index contributed by atoms with van der Waals surface area (Å²) >= 11 is 13.9. The molecule has 2 fully saturated rings. The molecule has 1 spiro atoms. The SMILES string of the molecule is O=S1(=O)N[C@@]2(CN1CC(F)(F)F)[C@@H]1CC[C@H]2Cc2ccc(-c3ncc(-c4ccc(Cl)cc4Cl)s3)cc2C1. The Balaban J connectivity index is 1.29. The summed E-state index contributed by atoms with van der Waals surface area (Å²) in [6, 6.07) is 11.5. The summed E-state index contributed by atoms with van der Waals surface area (Å²) in [6.45, 7) is -1.62. The Morgan fingerprint density at radius 3 is 2.51 bits per heavy atom. The molecule has 2 aliphatic carbocycles. The highest BCUT2D eigenvalue weighted by Crippen LogP contribution is 2.51. The zero-order chi connectivity index (χ0) is 26.2. The van der Waals surface area contributed by atoms with E-state index in [1.54, 1.807) is 18.3 Å². The number of fused-ring (bicyclic) bond motifs is 1. The van der Waals surface area contributed by atoms with Crippen LogP contribution >= 0.6 is 34.5 Å². The van der Waals surface area contributed by atoms with Crippen molar-refractivity contribution >= 4 is 44.7 Å². The van der Waals surface area contributed by atoms with Gasteiger partial charge in [0.15, 0.2) is 0 Å². The summed E-state index contributed by atoms with van der Waals surface area (Å²) in [4.78, 5) is 5.51. The van der Waals surface area contributed by atoms with Crippen molar-refractivity contribution in [2.24, 2.45) is 11.8 Å². The minimum Gasteiger partial charge on any atom is -0.244 e. The molecule has 3 aromatic rings. The van der Waals surface area contributed by atoms with Gasteiger partial charge in [-0.15, -0.1) is 11.3 Å². The lowest BCUT2D eigenvalue weighted by Crippen LogP contribution is -2.52. The zero-order valence-corrected chi connectivity index (χ0v) is 22.5. The highest BCUT2D eigenvalue weighted by Gasteiger charge is 2.60. The minimum atomic E-state index is -4.59. The molecule has 1 saturated carbocycles. The van der Waals surface area contributed by atoms with Crippen molar-refractivity contribution < 1.29 is 21.6 Å². The molecular weight excluding hydrogens is 566 g/mol. The lowest BCUT2D eigenvalue weighted by molar-refractivity contribution is -0.136. The van der Waals surface area contributed by atoms with Crippen LogP contribution in [0, 0.1) is 11.8 Å². The molecule has 5 nitrogen and oxygen atoms in total. The summed E-state index contributed by atoms with van der Waals surface area (Å²) in [5, 5.41) is 1.93. The molecule has 196 valence electrons. The van der Waals surface area contributed by atoms with Gasteiger partial charge < -0.3 is 0 Å². The van der Waals surface area contributed by atoms with Crippen LogP contribution in [0.5, 0.6) is 0 Å². The number of rotatable bonds is 3. The third-order valence-corrected chi connectivity index (χ3v) is 11.1. The molecule has 6 rings (SSSR count). The Morgan fingerprint density at radius 2 is 1.81 bits per heavy atom. The largest absolute Gasteiger partial charge is 0.402 e. The summed E-state index contributed by atoms with van der Waals surface area (Å²) in [6.07, 6.45) is -0.0363. The van der Waals surface area contributed by atoms with Crippen LogP contribution in [0.2, 0.25) is 10.0 Å². The Labute approximate surface area is 226 Å². The van der Waals surface area contributed by atoms with Gasteiger partial charge in [-0.2, -0.15) is 30.6 Å². The summed E-state index contributed by atoms with van der Waals surface area (Å²) in [7, 11) is -4.20. The summed E-state index contributed by atoms with van der Waals surface area (Å²) < 4.78 is 68.0. The van der Waals surface area contributed by atoms with Crippen LogP contribution in [0.1, 0.15) is 24.0 Å². The van der Waals surface area contributed by atoms with Gasteiger partial charge in [0.1, 0.15) is 11.6 Å². The number of hydrogen-bond acceptors (Lipinski definition) is 4. The first kappa shape index (κ1) is 25.6. The molecular formula is C25H22Cl2F3N3O2S2. The molecule has 12 heteroatoms. The van der Waals surface area contributed by atoms with Gasteiger partial charge in [-0.25, -0.2) is 4.98 Å². The molecule has 3 atom stereocenters. The van der Waals surface area contributed by atoms with E-state index in [4.69, 9.17) is 23.2 Å². The van der Waals surface area contributed by atoms with E-state index in [0.717, 1.165) is 45.0 Å². The number of nitrogens with one attached hydrogen (secondary N) is 1. The maximum atomic E-state index is 13.1. The smallest absolute Gasteiger partial charge is 0.244 e. The first-order valence-corrected chi connectivity index (χ1v) is 14.8. The van der Waals surface area contributed by atoms with Gasteiger partial charge >= 0.3 is 6.18 Å². The summed E-state index contributed by atoms with van der Waals surface area (Å²) in [5.41, 5.74) is 3.11. The number of alkyl halides is 3. The lowest BCUT2D eigenvalue weighted by atomic mass is 9.79. The lowest BCUT2D eigenvalue weighted by Gasteiger charge is -2.33. The van der Waals surface area contributed by atoms with Crippen molar-refractivity contribution in [3.8, 4) is 21.0 Å². The topological polar surface area (TPSA) is 62.3 Å². The average molecular weight is 589 g/mol. The first-order chi connectivity index (χ1) is 17.4. The van der Waals surface area contributed by atoms with Crippen molar-refractivity contribution in [2.45, 2.75) is 37.4 Å². The molecule has 0 radical (unpaired) electrons. The maximum Gasteiger partial charge on any atom is 0.402 e. The van der Waals surface area contributed by atoms with Gasteiger partial charge in [-0.05, 0) is 66.8 Å². The molecule has 1 aromatic heterocycles. The fraction of sp³-hybridized carbons (Fsp3) is 0.400. The Morgan fingerprint density at radius 1 is 1.08 bits per heavy atom. The van der Waals surface area contributed by atoms with E-state index < -0.39 is 28.5 Å². The van der Waals surface area contributed by atoms with E-state index in [9.17, 15) is 21.6 Å². The predicted molar refractivity (Wildman–Crippen MR) is 139 cm³/mol. The number of aromatic nitrogens is 1. The fourth-order valence-electron chi connectivity index (χ4n) is 6.20. The second-order valence-corrected chi connectivity index (χ2v) is 13.6. The van der Waals surface area contributed by atoms with Crippen LogP contribution in [0.3, 0.4) is 0 Å². The van der Waals surface area contributed by atoms with Gasteiger partial charge in [0, 0.05) is 28.9 Å². The molecule has 3 aliphatic rings. The van der Waals surface area contributed by atoms with E-state index in [2.05, 4.69) is 15.8 Å². The quantitative estimate of drug-likeness (QED) is 0.388. The zero-order valence-electron chi connectivity index (χ0n) is 19.4. The number of halogens is 5. The van der Waals surface area contributed by atoms with Gasteiger partial charge in [-0.3, -0.25) is 0 Å². The van der Waals surface area contributed by atoms with Crippen LogP contribution in [0.15, 0.2) is 42.6 Å². The fourth-order valence-corrected chi connectivity index (χ4v) is 9.42. The molecule has 2 heterocycles. The maximum absolute atomic E-state index is 13.1. The van der Waals surface area contributed by atoms with Crippen molar-refractivity contribution in [1.29, 1.82) is 0 Å². The molecule has 1 saturated heterocycles. The minimum absolute atomic E-state index is 0.0591. The number of benzene rings is 2.